The maximum Gasteiger partial charge on any atom is -0.00143 e. The SMILES string of the molecule is CCCCCCCCc1ccc(C(c2ccc(CCCCCCCC)cc2)=c2c3ccccc3c(=C(c3ccc(CCCCCCCC)cc3)c3ccc(CCCCCCCC)cc3)c3ccccc23)cc1. The minimum atomic E-state index is 1.15. The Morgan fingerprint density at radius 3 is 0.625 bits per heavy atom. The van der Waals surface area contributed by atoms with Crippen molar-refractivity contribution in [2.24, 2.45) is 0 Å². The molecule has 0 heteroatoms. The van der Waals surface area contributed by atoms with E-state index in [1.54, 1.807) is 0 Å². The maximum atomic E-state index is 2.43. The Balaban J connectivity index is 1.39. The highest BCUT2D eigenvalue weighted by molar-refractivity contribution is 6.06. The number of benzene rings is 7. The first-order valence-electron chi connectivity index (χ1n) is 29.7. The van der Waals surface area contributed by atoms with Crippen LogP contribution < -0.4 is 10.4 Å². The Labute approximate surface area is 438 Å². The number of aryl methyl sites for hydroxylation is 4. The second-order valence-corrected chi connectivity index (χ2v) is 21.4. The molecule has 0 saturated carbocycles. The van der Waals surface area contributed by atoms with Gasteiger partial charge in [-0.1, -0.05) is 302 Å². The summed E-state index contributed by atoms with van der Waals surface area (Å²) >= 11 is 0. The fraction of sp³-hybridized carbons (Fsp3) is 0.444. The third kappa shape index (κ3) is 15.9. The Morgan fingerprint density at radius 1 is 0.222 bits per heavy atom. The lowest BCUT2D eigenvalue weighted by atomic mass is 9.85. The predicted molar refractivity (Wildman–Crippen MR) is 318 cm³/mol. The van der Waals surface area contributed by atoms with Gasteiger partial charge in [0.25, 0.3) is 0 Å². The van der Waals surface area contributed by atoms with Gasteiger partial charge < -0.3 is 0 Å². The van der Waals surface area contributed by atoms with Gasteiger partial charge in [-0.2, -0.15) is 0 Å². The van der Waals surface area contributed by atoms with Crippen molar-refractivity contribution in [1.82, 2.24) is 0 Å². The van der Waals surface area contributed by atoms with E-state index in [0.29, 0.717) is 0 Å². The summed E-state index contributed by atoms with van der Waals surface area (Å²) in [6.07, 6.45) is 36.4. The second-order valence-electron chi connectivity index (χ2n) is 21.4. The molecule has 7 rings (SSSR count). The topological polar surface area (TPSA) is 0 Å². The molecule has 0 aliphatic carbocycles. The average molecular weight is 958 g/mol. The molecule has 0 amide bonds. The van der Waals surface area contributed by atoms with E-state index < -0.39 is 0 Å². The van der Waals surface area contributed by atoms with E-state index in [-0.39, 0.29) is 0 Å². The Morgan fingerprint density at radius 2 is 0.417 bits per heavy atom. The third-order valence-corrected chi connectivity index (χ3v) is 15.7. The number of fused-ring (bicyclic) bond motifs is 2. The maximum absolute atomic E-state index is 2.43. The molecule has 0 N–H and O–H groups in total. The van der Waals surface area contributed by atoms with Crippen molar-refractivity contribution in [3.05, 3.63) is 201 Å². The molecule has 0 fully saturated rings. The molecule has 0 aromatic heterocycles. The lowest BCUT2D eigenvalue weighted by Gasteiger charge is -2.18. The van der Waals surface area contributed by atoms with Gasteiger partial charge in [0.05, 0.1) is 0 Å². The summed E-state index contributed by atoms with van der Waals surface area (Å²) in [7, 11) is 0. The number of hydrogen-bond acceptors (Lipinski definition) is 0. The summed E-state index contributed by atoms with van der Waals surface area (Å²) in [4.78, 5) is 0. The van der Waals surface area contributed by atoms with Gasteiger partial charge in [0.15, 0.2) is 0 Å². The van der Waals surface area contributed by atoms with Crippen LogP contribution in [0.3, 0.4) is 0 Å². The zero-order valence-corrected chi connectivity index (χ0v) is 45.7. The Hall–Kier alpha value is -5.20. The van der Waals surface area contributed by atoms with E-state index in [4.69, 9.17) is 0 Å². The molecule has 0 radical (unpaired) electrons. The van der Waals surface area contributed by atoms with Crippen LogP contribution in [0.5, 0.6) is 0 Å². The van der Waals surface area contributed by atoms with Crippen molar-refractivity contribution >= 4 is 32.7 Å². The van der Waals surface area contributed by atoms with Crippen molar-refractivity contribution < 1.29 is 0 Å². The lowest BCUT2D eigenvalue weighted by molar-refractivity contribution is 0.607. The molecule has 0 unspecified atom stereocenters. The van der Waals surface area contributed by atoms with Gasteiger partial charge in [-0.3, -0.25) is 0 Å². The zero-order chi connectivity index (χ0) is 50.0. The van der Waals surface area contributed by atoms with Crippen molar-refractivity contribution in [3.63, 3.8) is 0 Å². The molecule has 0 spiro atoms. The largest absolute Gasteiger partial charge is 0.0654 e. The highest BCUT2D eigenvalue weighted by Crippen LogP contribution is 2.30. The van der Waals surface area contributed by atoms with Gasteiger partial charge in [0.2, 0.25) is 0 Å². The quantitative estimate of drug-likeness (QED) is 0.0291. The molecule has 0 bridgehead atoms. The van der Waals surface area contributed by atoms with Crippen LogP contribution in [0.1, 0.15) is 226 Å². The molecule has 0 aliphatic heterocycles. The van der Waals surface area contributed by atoms with Crippen LogP contribution >= 0.6 is 0 Å². The van der Waals surface area contributed by atoms with Crippen LogP contribution in [0.15, 0.2) is 146 Å². The van der Waals surface area contributed by atoms with Gasteiger partial charge in [0, 0.05) is 0 Å². The average Bonchev–Trinajstić information content (AvgIpc) is 3.42. The number of hydrogen-bond donors (Lipinski definition) is 0. The Kier molecular flexibility index (Phi) is 23.3. The fourth-order valence-corrected chi connectivity index (χ4v) is 11.4. The van der Waals surface area contributed by atoms with E-state index in [9.17, 15) is 0 Å². The zero-order valence-electron chi connectivity index (χ0n) is 45.7. The summed E-state index contributed by atoms with van der Waals surface area (Å²) in [5, 5.41) is 7.91. The van der Waals surface area contributed by atoms with Gasteiger partial charge >= 0.3 is 0 Å². The van der Waals surface area contributed by atoms with E-state index in [0.717, 1.165) is 25.7 Å². The van der Waals surface area contributed by atoms with Crippen molar-refractivity contribution in [2.75, 3.05) is 0 Å². The van der Waals surface area contributed by atoms with Crippen LogP contribution in [-0.2, 0) is 25.7 Å². The molecular formula is C72H92. The minimum Gasteiger partial charge on any atom is -0.0654 e. The molecule has 0 aliphatic rings. The first kappa shape index (κ1) is 54.6. The van der Waals surface area contributed by atoms with Crippen LogP contribution in [-0.4, -0.2) is 0 Å². The molecule has 72 heavy (non-hydrogen) atoms. The van der Waals surface area contributed by atoms with E-state index in [1.807, 2.05) is 0 Å². The number of unbranched alkanes of at least 4 members (excludes halogenated alkanes) is 20. The smallest absolute Gasteiger partial charge is 0.00143 e. The molecule has 0 heterocycles. The molecule has 7 aromatic rings. The standard InChI is InChI=1S/C72H92/c1-5-9-13-17-21-25-33-57-41-49-61(50-42-57)69(62-51-43-58(44-52-62)34-26-22-18-14-10-6-2)71-65-37-29-31-39-67(65)72(68-40-32-30-38-66(68)71)70(63-53-45-59(46-54-63)35-27-23-19-15-11-7-3)64-55-47-60(48-56-64)36-28-24-20-16-12-8-4/h29-32,37-56H,5-28,33-36H2,1-4H3. The van der Waals surface area contributed by atoms with Gasteiger partial charge in [-0.25, -0.2) is 0 Å². The van der Waals surface area contributed by atoms with E-state index in [1.165, 1.54) is 242 Å². The molecule has 0 atom stereocenters. The molecule has 380 valence electrons. The summed E-state index contributed by atoms with van der Waals surface area (Å²) in [5.74, 6) is 0. The number of rotatable bonds is 32. The summed E-state index contributed by atoms with van der Waals surface area (Å²) in [5.41, 5.74) is 13.6. The third-order valence-electron chi connectivity index (χ3n) is 15.7. The van der Waals surface area contributed by atoms with Crippen molar-refractivity contribution in [3.8, 4) is 0 Å². The lowest BCUT2D eigenvalue weighted by Crippen LogP contribution is -2.21. The first-order valence-corrected chi connectivity index (χ1v) is 29.7. The molecule has 0 nitrogen and oxygen atoms in total. The summed E-state index contributed by atoms with van der Waals surface area (Å²) in [6, 6.07) is 57.5. The van der Waals surface area contributed by atoms with Crippen molar-refractivity contribution in [1.29, 1.82) is 0 Å². The van der Waals surface area contributed by atoms with Gasteiger partial charge in [0.1, 0.15) is 0 Å². The predicted octanol–water partition coefficient (Wildman–Crippen LogP) is 20.1. The second kappa shape index (κ2) is 30.7. The molecular weight excluding hydrogens is 865 g/mol. The van der Waals surface area contributed by atoms with Gasteiger partial charge in [-0.05, 0) is 139 Å². The summed E-state index contributed by atoms with van der Waals surface area (Å²) in [6.45, 7) is 9.23. The highest BCUT2D eigenvalue weighted by atomic mass is 14.2. The van der Waals surface area contributed by atoms with Crippen LogP contribution in [0.25, 0.3) is 32.7 Å². The monoisotopic (exact) mass is 957 g/mol. The normalized spacial score (nSPS) is 11.5. The molecule has 7 aromatic carbocycles. The van der Waals surface area contributed by atoms with Crippen molar-refractivity contribution in [2.45, 2.75) is 207 Å². The fourth-order valence-electron chi connectivity index (χ4n) is 11.4. The Bertz CT molecular complexity index is 2370. The highest BCUT2D eigenvalue weighted by Gasteiger charge is 2.18. The molecule has 0 saturated heterocycles. The first-order chi connectivity index (χ1) is 35.6. The van der Waals surface area contributed by atoms with Crippen LogP contribution in [0.2, 0.25) is 0 Å². The minimum absolute atomic E-state index is 1.15. The van der Waals surface area contributed by atoms with E-state index >= 15 is 0 Å². The summed E-state index contributed by atoms with van der Waals surface area (Å²) < 4.78 is 0. The van der Waals surface area contributed by atoms with E-state index in [2.05, 4.69) is 173 Å². The van der Waals surface area contributed by atoms with Gasteiger partial charge in [-0.15, -0.1) is 0 Å². The van der Waals surface area contributed by atoms with Crippen LogP contribution in [0, 0.1) is 0 Å². The van der Waals surface area contributed by atoms with Crippen LogP contribution in [0.4, 0.5) is 0 Å².